The molecule has 1 saturated heterocycles. The third-order valence-corrected chi connectivity index (χ3v) is 3.77. The van der Waals surface area contributed by atoms with E-state index in [0.717, 1.165) is 38.1 Å². The van der Waals surface area contributed by atoms with Crippen molar-refractivity contribution in [2.75, 3.05) is 13.1 Å². The van der Waals surface area contributed by atoms with E-state index in [1.807, 2.05) is 4.90 Å². The van der Waals surface area contributed by atoms with Crippen LogP contribution in [-0.2, 0) is 4.79 Å². The molecule has 0 aromatic carbocycles. The number of piperidine rings is 1. The van der Waals surface area contributed by atoms with E-state index in [2.05, 4.69) is 5.16 Å². The normalized spacial score (nSPS) is 22.5. The third kappa shape index (κ3) is 2.74. The Hall–Kier alpha value is -1.06. The molecule has 4 heteroatoms. The molecule has 4 nitrogen and oxygen atoms in total. The summed E-state index contributed by atoms with van der Waals surface area (Å²) >= 11 is 0. The number of oxime groups is 1. The molecule has 0 atom stereocenters. The second-order valence-electron chi connectivity index (χ2n) is 4.90. The molecule has 1 amide bonds. The highest BCUT2D eigenvalue weighted by molar-refractivity contribution is 5.87. The molecule has 2 aliphatic rings. The quantitative estimate of drug-likeness (QED) is 0.576. The van der Waals surface area contributed by atoms with Crippen molar-refractivity contribution in [3.8, 4) is 0 Å². The van der Waals surface area contributed by atoms with Crippen LogP contribution in [0.4, 0.5) is 0 Å². The van der Waals surface area contributed by atoms with E-state index in [1.54, 1.807) is 0 Å². The van der Waals surface area contributed by atoms with Crippen molar-refractivity contribution in [2.24, 2.45) is 11.1 Å². The highest BCUT2D eigenvalue weighted by Crippen LogP contribution is 2.28. The maximum absolute atomic E-state index is 12.0. The van der Waals surface area contributed by atoms with Gasteiger partial charge in [-0.3, -0.25) is 4.79 Å². The van der Waals surface area contributed by atoms with E-state index in [9.17, 15) is 4.79 Å². The molecule has 1 N–H and O–H groups in total. The van der Waals surface area contributed by atoms with Gasteiger partial charge in [0, 0.05) is 32.4 Å². The number of amides is 1. The van der Waals surface area contributed by atoms with Crippen LogP contribution < -0.4 is 0 Å². The van der Waals surface area contributed by atoms with Crippen LogP contribution in [0.5, 0.6) is 0 Å². The summed E-state index contributed by atoms with van der Waals surface area (Å²) in [5.41, 5.74) is 0.824. The van der Waals surface area contributed by atoms with Gasteiger partial charge in [0.1, 0.15) is 0 Å². The number of hydrogen-bond acceptors (Lipinski definition) is 3. The van der Waals surface area contributed by atoms with Crippen molar-refractivity contribution in [1.29, 1.82) is 0 Å². The Kier molecular flexibility index (Phi) is 3.80. The van der Waals surface area contributed by atoms with E-state index < -0.39 is 0 Å². The second-order valence-corrected chi connectivity index (χ2v) is 4.90. The Morgan fingerprint density at radius 1 is 1.31 bits per heavy atom. The molecule has 2 fully saturated rings. The molecule has 0 aromatic heterocycles. The zero-order valence-corrected chi connectivity index (χ0v) is 9.69. The van der Waals surface area contributed by atoms with Crippen molar-refractivity contribution >= 4 is 11.6 Å². The van der Waals surface area contributed by atoms with Crippen LogP contribution >= 0.6 is 0 Å². The van der Waals surface area contributed by atoms with E-state index in [-0.39, 0.29) is 0 Å². The summed E-state index contributed by atoms with van der Waals surface area (Å²) in [6.45, 7) is 1.45. The second kappa shape index (κ2) is 5.32. The van der Waals surface area contributed by atoms with Gasteiger partial charge in [0.25, 0.3) is 0 Å². The van der Waals surface area contributed by atoms with Gasteiger partial charge in [0.2, 0.25) is 5.91 Å². The van der Waals surface area contributed by atoms with Gasteiger partial charge in [0.15, 0.2) is 0 Å². The maximum Gasteiger partial charge on any atom is 0.222 e. The van der Waals surface area contributed by atoms with Gasteiger partial charge in [-0.2, -0.15) is 0 Å². The molecule has 90 valence electrons. The largest absolute Gasteiger partial charge is 0.411 e. The minimum absolute atomic E-state index is 0.295. The van der Waals surface area contributed by atoms with Crippen molar-refractivity contribution in [3.05, 3.63) is 0 Å². The average Bonchev–Trinajstić information content (AvgIpc) is 2.82. The lowest BCUT2D eigenvalue weighted by atomic mass is 10.0. The average molecular weight is 224 g/mol. The van der Waals surface area contributed by atoms with Crippen molar-refractivity contribution in [1.82, 2.24) is 4.90 Å². The fourth-order valence-electron chi connectivity index (χ4n) is 2.70. The van der Waals surface area contributed by atoms with E-state index in [4.69, 9.17) is 5.21 Å². The zero-order valence-electron chi connectivity index (χ0n) is 9.69. The SMILES string of the molecule is O=C(CC1CCCC1)N1CCC(=NO)CC1. The van der Waals surface area contributed by atoms with Crippen LogP contribution in [0.25, 0.3) is 0 Å². The lowest BCUT2D eigenvalue weighted by Crippen LogP contribution is -2.39. The predicted molar refractivity (Wildman–Crippen MR) is 61.6 cm³/mol. The molecule has 0 bridgehead atoms. The van der Waals surface area contributed by atoms with Crippen LogP contribution in [0.1, 0.15) is 44.9 Å². The number of nitrogens with zero attached hydrogens (tertiary/aromatic N) is 2. The van der Waals surface area contributed by atoms with Crippen LogP contribution in [0, 0.1) is 5.92 Å². The number of rotatable bonds is 2. The van der Waals surface area contributed by atoms with Crippen LogP contribution in [0.3, 0.4) is 0 Å². The van der Waals surface area contributed by atoms with Gasteiger partial charge >= 0.3 is 0 Å². The molecular formula is C12H20N2O2. The molecule has 16 heavy (non-hydrogen) atoms. The zero-order chi connectivity index (χ0) is 11.4. The number of carbonyl (C=O) groups excluding carboxylic acids is 1. The Balaban J connectivity index is 1.77. The van der Waals surface area contributed by atoms with Gasteiger partial charge in [-0.15, -0.1) is 0 Å². The molecule has 2 rings (SSSR count). The molecule has 1 aliphatic carbocycles. The fraction of sp³-hybridized carbons (Fsp3) is 0.833. The first kappa shape index (κ1) is 11.4. The summed E-state index contributed by atoms with van der Waals surface area (Å²) in [6.07, 6.45) is 7.22. The summed E-state index contributed by atoms with van der Waals surface area (Å²) in [5.74, 6) is 0.921. The summed E-state index contributed by atoms with van der Waals surface area (Å²) in [4.78, 5) is 13.9. The molecule has 1 saturated carbocycles. The first-order chi connectivity index (χ1) is 7.79. The summed E-state index contributed by atoms with van der Waals surface area (Å²) in [7, 11) is 0. The molecule has 0 radical (unpaired) electrons. The first-order valence-electron chi connectivity index (χ1n) is 6.27. The molecule has 1 heterocycles. The van der Waals surface area contributed by atoms with Gasteiger partial charge in [0.05, 0.1) is 5.71 Å². The monoisotopic (exact) mass is 224 g/mol. The molecule has 1 aliphatic heterocycles. The van der Waals surface area contributed by atoms with Crippen molar-refractivity contribution in [3.63, 3.8) is 0 Å². The number of hydrogen-bond donors (Lipinski definition) is 1. The van der Waals surface area contributed by atoms with E-state index in [0.29, 0.717) is 11.8 Å². The molecular weight excluding hydrogens is 204 g/mol. The minimum Gasteiger partial charge on any atom is -0.411 e. The van der Waals surface area contributed by atoms with Crippen LogP contribution in [0.15, 0.2) is 5.16 Å². The van der Waals surface area contributed by atoms with Crippen molar-refractivity contribution in [2.45, 2.75) is 44.9 Å². The Labute approximate surface area is 96.3 Å². The van der Waals surface area contributed by atoms with Crippen LogP contribution in [0.2, 0.25) is 0 Å². The lowest BCUT2D eigenvalue weighted by molar-refractivity contribution is -0.132. The van der Waals surface area contributed by atoms with Gasteiger partial charge < -0.3 is 10.1 Å². The van der Waals surface area contributed by atoms with Crippen LogP contribution in [-0.4, -0.2) is 34.8 Å². The fourth-order valence-corrected chi connectivity index (χ4v) is 2.70. The topological polar surface area (TPSA) is 52.9 Å². The standard InChI is InChI=1S/C12H20N2O2/c15-12(9-10-3-1-2-4-10)14-7-5-11(13-16)6-8-14/h10,16H,1-9H2. The summed E-state index contributed by atoms with van der Waals surface area (Å²) in [6, 6.07) is 0. The van der Waals surface area contributed by atoms with E-state index in [1.165, 1.54) is 25.7 Å². The molecule has 0 aromatic rings. The number of carbonyl (C=O) groups is 1. The van der Waals surface area contributed by atoms with Gasteiger partial charge in [-0.25, -0.2) is 0 Å². The molecule has 0 spiro atoms. The summed E-state index contributed by atoms with van der Waals surface area (Å²) < 4.78 is 0. The van der Waals surface area contributed by atoms with Crippen molar-refractivity contribution < 1.29 is 10.0 Å². The smallest absolute Gasteiger partial charge is 0.222 e. The number of likely N-dealkylation sites (tertiary alicyclic amines) is 1. The van der Waals surface area contributed by atoms with Gasteiger partial charge in [-0.05, 0) is 18.8 Å². The Bertz CT molecular complexity index is 273. The minimum atomic E-state index is 0.295. The predicted octanol–water partition coefficient (Wildman–Crippen LogP) is 2.02. The highest BCUT2D eigenvalue weighted by Gasteiger charge is 2.24. The Morgan fingerprint density at radius 2 is 1.94 bits per heavy atom. The highest BCUT2D eigenvalue weighted by atomic mass is 16.4. The maximum atomic E-state index is 12.0. The summed E-state index contributed by atoms with van der Waals surface area (Å²) in [5, 5.41) is 11.9. The Morgan fingerprint density at radius 3 is 2.50 bits per heavy atom. The first-order valence-corrected chi connectivity index (χ1v) is 6.27. The third-order valence-electron chi connectivity index (χ3n) is 3.77. The van der Waals surface area contributed by atoms with E-state index >= 15 is 0 Å². The van der Waals surface area contributed by atoms with Gasteiger partial charge in [-0.1, -0.05) is 18.0 Å². The molecule has 0 unspecified atom stereocenters. The lowest BCUT2D eigenvalue weighted by Gasteiger charge is -2.28.